The molecule has 1 atom stereocenters. The molecule has 1 rings (SSSR count). The summed E-state index contributed by atoms with van der Waals surface area (Å²) in [5.41, 5.74) is 7.48. The van der Waals surface area contributed by atoms with Crippen molar-refractivity contribution in [1.29, 1.82) is 0 Å². The van der Waals surface area contributed by atoms with E-state index in [4.69, 9.17) is 10.8 Å². The van der Waals surface area contributed by atoms with Crippen LogP contribution in [0.4, 0.5) is 0 Å². The Balaban J connectivity index is 2.85. The van der Waals surface area contributed by atoms with E-state index in [1.54, 1.807) is 0 Å². The fourth-order valence-electron chi connectivity index (χ4n) is 1.18. The number of aliphatic carboxylic acids is 1. The van der Waals surface area contributed by atoms with Crippen LogP contribution in [-0.2, 0) is 11.2 Å². The van der Waals surface area contributed by atoms with Crippen molar-refractivity contribution >= 4 is 21.9 Å². The second-order valence-electron chi connectivity index (χ2n) is 3.22. The first kappa shape index (κ1) is 11.2. The van der Waals surface area contributed by atoms with Gasteiger partial charge in [-0.1, -0.05) is 22.0 Å². The normalized spacial score (nSPS) is 12.5. The number of carboxylic acids is 1. The zero-order valence-electron chi connectivity index (χ0n) is 7.83. The second-order valence-corrected chi connectivity index (χ2v) is 4.14. The van der Waals surface area contributed by atoms with Crippen LogP contribution >= 0.6 is 15.9 Å². The lowest BCUT2D eigenvalue weighted by Gasteiger charge is -2.09. The molecule has 1 aromatic carbocycles. The van der Waals surface area contributed by atoms with E-state index in [-0.39, 0.29) is 0 Å². The first-order valence-electron chi connectivity index (χ1n) is 4.24. The molecule has 0 unspecified atom stereocenters. The number of nitrogens with two attached hydrogens (primary N) is 1. The first-order chi connectivity index (χ1) is 6.50. The molecule has 1 aromatic rings. The van der Waals surface area contributed by atoms with Gasteiger partial charge in [-0.05, 0) is 36.6 Å². The van der Waals surface area contributed by atoms with Crippen LogP contribution in [0.25, 0.3) is 0 Å². The number of halogens is 1. The summed E-state index contributed by atoms with van der Waals surface area (Å²) in [5.74, 6) is -0.968. The summed E-state index contributed by atoms with van der Waals surface area (Å²) in [6, 6.07) is 4.93. The topological polar surface area (TPSA) is 63.3 Å². The lowest BCUT2D eigenvalue weighted by molar-refractivity contribution is -0.138. The molecule has 76 valence electrons. The van der Waals surface area contributed by atoms with Crippen LogP contribution in [-0.4, -0.2) is 17.1 Å². The van der Waals surface area contributed by atoms with Crippen LogP contribution in [0, 0.1) is 6.92 Å². The van der Waals surface area contributed by atoms with E-state index in [1.165, 1.54) is 0 Å². The minimum absolute atomic E-state index is 0.362. The lowest BCUT2D eigenvalue weighted by Crippen LogP contribution is -2.32. The third-order valence-electron chi connectivity index (χ3n) is 2.07. The average molecular weight is 258 g/mol. The summed E-state index contributed by atoms with van der Waals surface area (Å²) >= 11 is 3.34. The number of aryl methyl sites for hydroxylation is 1. The Morgan fingerprint density at radius 1 is 1.64 bits per heavy atom. The summed E-state index contributed by atoms with van der Waals surface area (Å²) in [7, 11) is 0. The van der Waals surface area contributed by atoms with Gasteiger partial charge < -0.3 is 10.8 Å². The van der Waals surface area contributed by atoms with Gasteiger partial charge in [0.25, 0.3) is 0 Å². The van der Waals surface area contributed by atoms with Gasteiger partial charge in [0.15, 0.2) is 0 Å². The van der Waals surface area contributed by atoms with E-state index in [1.807, 2.05) is 25.1 Å². The summed E-state index contributed by atoms with van der Waals surface area (Å²) in [5, 5.41) is 8.67. The molecule has 3 nitrogen and oxygen atoms in total. The van der Waals surface area contributed by atoms with Crippen molar-refractivity contribution in [2.24, 2.45) is 5.73 Å². The molecule has 0 aliphatic carbocycles. The standard InChI is InChI=1S/C10H12BrNO2/c1-6-2-3-8(11)4-7(6)5-9(12)10(13)14/h2-4,9H,5,12H2,1H3,(H,13,14)/t9-/m0/s1. The monoisotopic (exact) mass is 257 g/mol. The number of carbonyl (C=O) groups is 1. The van der Waals surface area contributed by atoms with Gasteiger partial charge in [-0.3, -0.25) is 4.79 Å². The van der Waals surface area contributed by atoms with Crippen molar-refractivity contribution < 1.29 is 9.90 Å². The molecule has 14 heavy (non-hydrogen) atoms. The maximum Gasteiger partial charge on any atom is 0.320 e. The van der Waals surface area contributed by atoms with Crippen LogP contribution < -0.4 is 5.73 Å². The zero-order valence-corrected chi connectivity index (χ0v) is 9.41. The molecule has 0 aromatic heterocycles. The molecule has 0 saturated carbocycles. The van der Waals surface area contributed by atoms with Crippen LogP contribution in [0.2, 0.25) is 0 Å². The smallest absolute Gasteiger partial charge is 0.320 e. The van der Waals surface area contributed by atoms with Crippen molar-refractivity contribution in [3.05, 3.63) is 33.8 Å². The third-order valence-corrected chi connectivity index (χ3v) is 2.56. The molecular weight excluding hydrogens is 246 g/mol. The van der Waals surface area contributed by atoms with Crippen LogP contribution in [0.1, 0.15) is 11.1 Å². The average Bonchev–Trinajstić information content (AvgIpc) is 2.11. The molecule has 0 heterocycles. The number of hydrogen-bond donors (Lipinski definition) is 2. The van der Waals surface area contributed by atoms with Gasteiger partial charge in [0.2, 0.25) is 0 Å². The highest BCUT2D eigenvalue weighted by molar-refractivity contribution is 9.10. The highest BCUT2D eigenvalue weighted by Crippen LogP contribution is 2.17. The Bertz CT molecular complexity index is 352. The SMILES string of the molecule is Cc1ccc(Br)cc1C[C@H](N)C(=O)O. The molecule has 4 heteroatoms. The number of carboxylic acid groups (broad SMARTS) is 1. The van der Waals surface area contributed by atoms with Crippen LogP contribution in [0.15, 0.2) is 22.7 Å². The van der Waals surface area contributed by atoms with Gasteiger partial charge >= 0.3 is 5.97 Å². The van der Waals surface area contributed by atoms with Gasteiger partial charge in [0.1, 0.15) is 6.04 Å². The second kappa shape index (κ2) is 4.57. The van der Waals surface area contributed by atoms with Gasteiger partial charge in [-0.15, -0.1) is 0 Å². The van der Waals surface area contributed by atoms with Gasteiger partial charge in [0.05, 0.1) is 0 Å². The highest BCUT2D eigenvalue weighted by atomic mass is 79.9. The Labute approximate surface area is 91.1 Å². The number of hydrogen-bond acceptors (Lipinski definition) is 2. The Hall–Kier alpha value is -0.870. The van der Waals surface area contributed by atoms with Gasteiger partial charge in [-0.25, -0.2) is 0 Å². The summed E-state index contributed by atoms with van der Waals surface area (Å²) < 4.78 is 0.940. The molecule has 0 aliphatic rings. The summed E-state index contributed by atoms with van der Waals surface area (Å²) in [4.78, 5) is 10.6. The maximum atomic E-state index is 10.6. The predicted molar refractivity (Wildman–Crippen MR) is 58.2 cm³/mol. The molecule has 0 spiro atoms. The van der Waals surface area contributed by atoms with E-state index in [0.717, 1.165) is 15.6 Å². The van der Waals surface area contributed by atoms with E-state index in [0.29, 0.717) is 6.42 Å². The molecular formula is C10H12BrNO2. The Kier molecular flexibility index (Phi) is 3.66. The molecule has 0 aliphatic heterocycles. The summed E-state index contributed by atoms with van der Waals surface area (Å²) in [6.07, 6.45) is 0.362. The fourth-order valence-corrected chi connectivity index (χ4v) is 1.59. The maximum absolute atomic E-state index is 10.6. The minimum atomic E-state index is -0.968. The van der Waals surface area contributed by atoms with Crippen molar-refractivity contribution in [2.45, 2.75) is 19.4 Å². The van der Waals surface area contributed by atoms with Crippen molar-refractivity contribution in [3.8, 4) is 0 Å². The predicted octanol–water partition coefficient (Wildman–Crippen LogP) is 1.71. The van der Waals surface area contributed by atoms with E-state index >= 15 is 0 Å². The molecule has 0 bridgehead atoms. The van der Waals surface area contributed by atoms with Crippen molar-refractivity contribution in [1.82, 2.24) is 0 Å². The molecule has 0 radical (unpaired) electrons. The summed E-state index contributed by atoms with van der Waals surface area (Å²) in [6.45, 7) is 1.94. The number of rotatable bonds is 3. The molecule has 0 saturated heterocycles. The molecule has 0 fully saturated rings. The first-order valence-corrected chi connectivity index (χ1v) is 5.03. The Morgan fingerprint density at radius 2 is 2.29 bits per heavy atom. The fraction of sp³-hybridized carbons (Fsp3) is 0.300. The molecule has 3 N–H and O–H groups in total. The van der Waals surface area contributed by atoms with Crippen LogP contribution in [0.5, 0.6) is 0 Å². The van der Waals surface area contributed by atoms with Gasteiger partial charge in [-0.2, -0.15) is 0 Å². The Morgan fingerprint density at radius 3 is 2.86 bits per heavy atom. The minimum Gasteiger partial charge on any atom is -0.480 e. The molecule has 0 amide bonds. The lowest BCUT2D eigenvalue weighted by atomic mass is 10.0. The number of benzene rings is 1. The van der Waals surface area contributed by atoms with Crippen molar-refractivity contribution in [3.63, 3.8) is 0 Å². The van der Waals surface area contributed by atoms with Crippen LogP contribution in [0.3, 0.4) is 0 Å². The van der Waals surface area contributed by atoms with Gasteiger partial charge in [0, 0.05) is 4.47 Å². The zero-order chi connectivity index (χ0) is 10.7. The van der Waals surface area contributed by atoms with E-state index in [9.17, 15) is 4.79 Å². The largest absolute Gasteiger partial charge is 0.480 e. The highest BCUT2D eigenvalue weighted by Gasteiger charge is 2.13. The van der Waals surface area contributed by atoms with Crippen molar-refractivity contribution in [2.75, 3.05) is 0 Å². The quantitative estimate of drug-likeness (QED) is 0.867. The van der Waals surface area contributed by atoms with E-state index < -0.39 is 12.0 Å². The van der Waals surface area contributed by atoms with E-state index in [2.05, 4.69) is 15.9 Å². The third kappa shape index (κ3) is 2.82.